The van der Waals surface area contributed by atoms with Gasteiger partial charge in [0.05, 0.1) is 13.2 Å². The molecule has 1 amide bonds. The number of benzene rings is 1. The number of amides is 1. The molecule has 0 aliphatic carbocycles. The number of piperazine rings is 1. The van der Waals surface area contributed by atoms with E-state index in [-0.39, 0.29) is 12.0 Å². The summed E-state index contributed by atoms with van der Waals surface area (Å²) in [5.41, 5.74) is 4.51. The summed E-state index contributed by atoms with van der Waals surface area (Å²) in [6.07, 6.45) is 2.53. The molecule has 28 heavy (non-hydrogen) atoms. The normalized spacial score (nSPS) is 19.7. The van der Waals surface area contributed by atoms with Crippen LogP contribution >= 0.6 is 0 Å². The van der Waals surface area contributed by atoms with Crippen LogP contribution in [0.4, 0.5) is 5.69 Å². The molecule has 0 saturated carbocycles. The van der Waals surface area contributed by atoms with Gasteiger partial charge in [-0.2, -0.15) is 0 Å². The predicted octanol–water partition coefficient (Wildman–Crippen LogP) is 2.83. The third kappa shape index (κ3) is 3.97. The van der Waals surface area contributed by atoms with Crippen molar-refractivity contribution in [1.29, 1.82) is 0 Å². The molecule has 2 saturated heterocycles. The van der Waals surface area contributed by atoms with Gasteiger partial charge in [0.2, 0.25) is 5.88 Å². The zero-order valence-corrected chi connectivity index (χ0v) is 16.6. The minimum atomic E-state index is 0.0268. The summed E-state index contributed by atoms with van der Waals surface area (Å²) in [6, 6.07) is 9.91. The monoisotopic (exact) mass is 381 g/mol. The van der Waals surface area contributed by atoms with Crippen molar-refractivity contribution >= 4 is 11.6 Å². The molecule has 6 nitrogen and oxygen atoms in total. The maximum absolute atomic E-state index is 13.0. The van der Waals surface area contributed by atoms with Crippen LogP contribution in [0.3, 0.4) is 0 Å². The van der Waals surface area contributed by atoms with E-state index in [4.69, 9.17) is 9.47 Å². The van der Waals surface area contributed by atoms with Crippen molar-refractivity contribution in [2.75, 3.05) is 44.3 Å². The highest BCUT2D eigenvalue weighted by Gasteiger charge is 2.24. The highest BCUT2D eigenvalue weighted by atomic mass is 16.5. The number of rotatable bonds is 4. The fourth-order valence-corrected chi connectivity index (χ4v) is 3.79. The number of anilines is 1. The number of aryl methyl sites for hydroxylation is 1. The van der Waals surface area contributed by atoms with E-state index < -0.39 is 0 Å². The Kier molecular flexibility index (Phi) is 5.48. The van der Waals surface area contributed by atoms with Crippen LogP contribution in [-0.2, 0) is 4.74 Å². The third-order valence-corrected chi connectivity index (χ3v) is 5.64. The standard InChI is InChI=1S/C22H27N3O3/c1-16-4-3-5-20(17(16)2)24-9-11-25(12-10-24)22(26)18-6-8-23-21(14-18)28-19-7-13-27-15-19/h3-6,8,14,19H,7,9-13,15H2,1-2H3/t19-/m1/s1. The van der Waals surface area contributed by atoms with Gasteiger partial charge in [-0.3, -0.25) is 4.79 Å². The number of hydrogen-bond donors (Lipinski definition) is 0. The lowest BCUT2D eigenvalue weighted by Gasteiger charge is -2.37. The Morgan fingerprint density at radius 3 is 2.75 bits per heavy atom. The lowest BCUT2D eigenvalue weighted by atomic mass is 10.1. The first kappa shape index (κ1) is 18.7. The Labute approximate surface area is 166 Å². The number of carbonyl (C=O) groups excluding carboxylic acids is 1. The van der Waals surface area contributed by atoms with Gasteiger partial charge >= 0.3 is 0 Å². The van der Waals surface area contributed by atoms with E-state index in [1.807, 2.05) is 4.90 Å². The molecule has 148 valence electrons. The average Bonchev–Trinajstić information content (AvgIpc) is 3.23. The molecule has 3 heterocycles. The minimum Gasteiger partial charge on any atom is -0.472 e. The van der Waals surface area contributed by atoms with Crippen LogP contribution in [0, 0.1) is 13.8 Å². The van der Waals surface area contributed by atoms with Crippen molar-refractivity contribution < 1.29 is 14.3 Å². The highest BCUT2D eigenvalue weighted by molar-refractivity contribution is 5.94. The summed E-state index contributed by atoms with van der Waals surface area (Å²) in [5.74, 6) is 0.533. The number of pyridine rings is 1. The first-order valence-electron chi connectivity index (χ1n) is 9.93. The zero-order chi connectivity index (χ0) is 19.5. The molecule has 6 heteroatoms. The van der Waals surface area contributed by atoms with E-state index in [0.29, 0.717) is 37.7 Å². The number of nitrogens with zero attached hydrogens (tertiary/aromatic N) is 3. The number of aromatic nitrogens is 1. The third-order valence-electron chi connectivity index (χ3n) is 5.64. The first-order valence-corrected chi connectivity index (χ1v) is 9.93. The van der Waals surface area contributed by atoms with Crippen molar-refractivity contribution in [1.82, 2.24) is 9.88 Å². The molecular formula is C22H27N3O3. The van der Waals surface area contributed by atoms with Crippen molar-refractivity contribution in [3.8, 4) is 5.88 Å². The molecule has 1 aromatic heterocycles. The maximum atomic E-state index is 13.0. The van der Waals surface area contributed by atoms with E-state index in [1.165, 1.54) is 16.8 Å². The van der Waals surface area contributed by atoms with Crippen molar-refractivity contribution in [2.24, 2.45) is 0 Å². The van der Waals surface area contributed by atoms with Crippen LogP contribution in [-0.4, -0.2) is 61.3 Å². The van der Waals surface area contributed by atoms with E-state index in [2.05, 4.69) is 41.9 Å². The summed E-state index contributed by atoms with van der Waals surface area (Å²) >= 11 is 0. The van der Waals surface area contributed by atoms with Crippen molar-refractivity contribution in [2.45, 2.75) is 26.4 Å². The fourth-order valence-electron chi connectivity index (χ4n) is 3.79. The SMILES string of the molecule is Cc1cccc(N2CCN(C(=O)c3ccnc(O[C@@H]4CCOC4)c3)CC2)c1C. The molecule has 1 aromatic carbocycles. The Morgan fingerprint density at radius 1 is 1.18 bits per heavy atom. The Morgan fingerprint density at radius 2 is 2.00 bits per heavy atom. The minimum absolute atomic E-state index is 0.0268. The average molecular weight is 381 g/mol. The summed E-state index contributed by atoms with van der Waals surface area (Å²) in [7, 11) is 0. The zero-order valence-electron chi connectivity index (χ0n) is 16.6. The van der Waals surface area contributed by atoms with Crippen LogP contribution in [0.2, 0.25) is 0 Å². The topological polar surface area (TPSA) is 54.9 Å². The van der Waals surface area contributed by atoms with Gasteiger partial charge < -0.3 is 19.3 Å². The molecule has 0 radical (unpaired) electrons. The second-order valence-corrected chi connectivity index (χ2v) is 7.48. The largest absolute Gasteiger partial charge is 0.472 e. The molecular weight excluding hydrogens is 354 g/mol. The van der Waals surface area contributed by atoms with Crippen LogP contribution in [0.25, 0.3) is 0 Å². The molecule has 1 atom stereocenters. The molecule has 0 bridgehead atoms. The molecule has 4 rings (SSSR count). The van der Waals surface area contributed by atoms with Gasteiger partial charge in [0.15, 0.2) is 0 Å². The second-order valence-electron chi connectivity index (χ2n) is 7.48. The molecule has 2 aliphatic rings. The molecule has 2 aromatic rings. The Bertz CT molecular complexity index is 841. The fraction of sp³-hybridized carbons (Fsp3) is 0.455. The molecule has 0 unspecified atom stereocenters. The summed E-state index contributed by atoms with van der Waals surface area (Å²) in [4.78, 5) is 21.5. The van der Waals surface area contributed by atoms with Crippen molar-refractivity contribution in [3.05, 3.63) is 53.2 Å². The maximum Gasteiger partial charge on any atom is 0.254 e. The van der Waals surface area contributed by atoms with Gasteiger partial charge in [0.25, 0.3) is 5.91 Å². The van der Waals surface area contributed by atoms with Gasteiger partial charge in [-0.05, 0) is 37.1 Å². The molecule has 0 N–H and O–H groups in total. The smallest absolute Gasteiger partial charge is 0.254 e. The predicted molar refractivity (Wildman–Crippen MR) is 108 cm³/mol. The summed E-state index contributed by atoms with van der Waals surface area (Å²) in [5, 5.41) is 0. The van der Waals surface area contributed by atoms with Gasteiger partial charge in [0.1, 0.15) is 6.10 Å². The number of hydrogen-bond acceptors (Lipinski definition) is 5. The highest BCUT2D eigenvalue weighted by Crippen LogP contribution is 2.24. The van der Waals surface area contributed by atoms with Gasteiger partial charge in [-0.1, -0.05) is 12.1 Å². The molecule has 0 spiro atoms. The van der Waals surface area contributed by atoms with E-state index in [9.17, 15) is 4.79 Å². The summed E-state index contributed by atoms with van der Waals surface area (Å²) in [6.45, 7) is 8.69. The van der Waals surface area contributed by atoms with Gasteiger partial charge in [-0.15, -0.1) is 0 Å². The Hall–Kier alpha value is -2.60. The van der Waals surface area contributed by atoms with Crippen LogP contribution in [0.1, 0.15) is 27.9 Å². The van der Waals surface area contributed by atoms with E-state index >= 15 is 0 Å². The van der Waals surface area contributed by atoms with Crippen LogP contribution in [0.15, 0.2) is 36.5 Å². The lowest BCUT2D eigenvalue weighted by Crippen LogP contribution is -2.49. The van der Waals surface area contributed by atoms with Crippen LogP contribution < -0.4 is 9.64 Å². The van der Waals surface area contributed by atoms with Gasteiger partial charge in [-0.25, -0.2) is 4.98 Å². The second kappa shape index (κ2) is 8.19. The van der Waals surface area contributed by atoms with E-state index in [1.54, 1.807) is 18.3 Å². The van der Waals surface area contributed by atoms with E-state index in [0.717, 1.165) is 19.5 Å². The van der Waals surface area contributed by atoms with Gasteiger partial charge in [0, 0.05) is 56.1 Å². The molecule has 2 aliphatic heterocycles. The quantitative estimate of drug-likeness (QED) is 0.815. The number of ether oxygens (including phenoxy) is 2. The van der Waals surface area contributed by atoms with Crippen LogP contribution in [0.5, 0.6) is 5.88 Å². The first-order chi connectivity index (χ1) is 13.6. The summed E-state index contributed by atoms with van der Waals surface area (Å²) < 4.78 is 11.2. The molecule has 2 fully saturated rings. The lowest BCUT2D eigenvalue weighted by molar-refractivity contribution is 0.0745. The number of carbonyl (C=O) groups is 1. The van der Waals surface area contributed by atoms with Crippen molar-refractivity contribution in [3.63, 3.8) is 0 Å². The Balaban J connectivity index is 1.39.